The van der Waals surface area contributed by atoms with E-state index in [1.807, 2.05) is 23.6 Å². The molecule has 0 aromatic heterocycles. The lowest BCUT2D eigenvalue weighted by Crippen LogP contribution is -2.54. The highest BCUT2D eigenvalue weighted by Gasteiger charge is 2.27. The van der Waals surface area contributed by atoms with E-state index in [1.54, 1.807) is 0 Å². The second-order valence-electron chi connectivity index (χ2n) is 5.12. The van der Waals surface area contributed by atoms with Crippen LogP contribution in [0.5, 0.6) is 0 Å². The van der Waals surface area contributed by atoms with Crippen molar-refractivity contribution in [3.05, 3.63) is 0 Å². The number of hydrogen-bond acceptors (Lipinski definition) is 4. The lowest BCUT2D eigenvalue weighted by Gasteiger charge is -2.36. The minimum atomic E-state index is -0.00207. The number of amides is 2. The minimum absolute atomic E-state index is 0.00207. The van der Waals surface area contributed by atoms with Gasteiger partial charge in [-0.3, -0.25) is 14.5 Å². The molecule has 0 bridgehead atoms. The molecule has 102 valence electrons. The largest absolute Gasteiger partial charge is 0.372 e. The van der Waals surface area contributed by atoms with Gasteiger partial charge in [-0.25, -0.2) is 0 Å². The van der Waals surface area contributed by atoms with Crippen molar-refractivity contribution in [2.75, 3.05) is 39.3 Å². The zero-order valence-corrected chi connectivity index (χ0v) is 11.0. The van der Waals surface area contributed by atoms with Crippen LogP contribution in [0.1, 0.15) is 13.8 Å². The van der Waals surface area contributed by atoms with Crippen LogP contribution in [0.25, 0.3) is 0 Å². The Bertz CT molecular complexity index is 325. The van der Waals surface area contributed by atoms with Crippen molar-refractivity contribution >= 4 is 11.8 Å². The Morgan fingerprint density at radius 1 is 1.39 bits per heavy atom. The molecular formula is C12H21N3O3. The SMILES string of the molecule is CC1CN(C(=O)CN2CCNC(=O)C2)CC(C)O1. The van der Waals surface area contributed by atoms with Crippen molar-refractivity contribution in [2.45, 2.75) is 26.1 Å². The summed E-state index contributed by atoms with van der Waals surface area (Å²) < 4.78 is 5.60. The van der Waals surface area contributed by atoms with Gasteiger partial charge in [-0.2, -0.15) is 0 Å². The molecule has 2 heterocycles. The van der Waals surface area contributed by atoms with Crippen LogP contribution in [0, 0.1) is 0 Å². The Kier molecular flexibility index (Phi) is 4.19. The maximum atomic E-state index is 12.2. The fraction of sp³-hybridized carbons (Fsp3) is 0.833. The molecule has 2 aliphatic rings. The van der Waals surface area contributed by atoms with Crippen LogP contribution >= 0.6 is 0 Å². The summed E-state index contributed by atoms with van der Waals surface area (Å²) in [6.45, 7) is 7.25. The van der Waals surface area contributed by atoms with Crippen LogP contribution in [-0.2, 0) is 14.3 Å². The standard InChI is InChI=1S/C12H21N3O3/c1-9-5-15(6-10(2)18-9)12(17)8-14-4-3-13-11(16)7-14/h9-10H,3-8H2,1-2H3,(H,13,16). The number of piperazine rings is 1. The number of nitrogens with one attached hydrogen (secondary N) is 1. The van der Waals surface area contributed by atoms with E-state index in [-0.39, 0.29) is 24.0 Å². The topological polar surface area (TPSA) is 61.9 Å². The third-order valence-corrected chi connectivity index (χ3v) is 3.25. The fourth-order valence-electron chi connectivity index (χ4n) is 2.50. The lowest BCUT2D eigenvalue weighted by molar-refractivity contribution is -0.145. The Morgan fingerprint density at radius 3 is 2.67 bits per heavy atom. The summed E-state index contributed by atoms with van der Waals surface area (Å²) in [5, 5.41) is 2.75. The molecule has 2 fully saturated rings. The van der Waals surface area contributed by atoms with E-state index in [4.69, 9.17) is 4.74 Å². The van der Waals surface area contributed by atoms with Crippen LogP contribution in [-0.4, -0.2) is 73.1 Å². The Morgan fingerprint density at radius 2 is 2.06 bits per heavy atom. The minimum Gasteiger partial charge on any atom is -0.372 e. The average molecular weight is 255 g/mol. The highest BCUT2D eigenvalue weighted by atomic mass is 16.5. The summed E-state index contributed by atoms with van der Waals surface area (Å²) >= 11 is 0. The van der Waals surface area contributed by atoms with Crippen LogP contribution in [0.2, 0.25) is 0 Å². The number of rotatable bonds is 2. The summed E-state index contributed by atoms with van der Waals surface area (Å²) in [6.07, 6.45) is 0.171. The van der Waals surface area contributed by atoms with Crippen molar-refractivity contribution in [3.63, 3.8) is 0 Å². The fourth-order valence-corrected chi connectivity index (χ4v) is 2.50. The van der Waals surface area contributed by atoms with E-state index in [1.165, 1.54) is 0 Å². The van der Waals surface area contributed by atoms with Gasteiger partial charge in [0.2, 0.25) is 11.8 Å². The second kappa shape index (κ2) is 5.67. The highest BCUT2D eigenvalue weighted by molar-refractivity contribution is 5.82. The van der Waals surface area contributed by atoms with E-state index >= 15 is 0 Å². The first-order valence-electron chi connectivity index (χ1n) is 6.47. The monoisotopic (exact) mass is 255 g/mol. The first-order chi connectivity index (χ1) is 8.54. The number of carbonyl (C=O) groups is 2. The molecule has 0 aliphatic carbocycles. The van der Waals surface area contributed by atoms with Gasteiger partial charge in [0.25, 0.3) is 0 Å². The third-order valence-electron chi connectivity index (χ3n) is 3.25. The number of nitrogens with zero attached hydrogens (tertiary/aromatic N) is 2. The second-order valence-corrected chi connectivity index (χ2v) is 5.12. The molecule has 2 unspecified atom stereocenters. The van der Waals surface area contributed by atoms with Crippen molar-refractivity contribution < 1.29 is 14.3 Å². The average Bonchev–Trinajstić information content (AvgIpc) is 2.27. The summed E-state index contributed by atoms with van der Waals surface area (Å²) in [7, 11) is 0. The van der Waals surface area contributed by atoms with Gasteiger partial charge in [0, 0.05) is 26.2 Å². The van der Waals surface area contributed by atoms with E-state index in [0.717, 1.165) is 6.54 Å². The summed E-state index contributed by atoms with van der Waals surface area (Å²) in [5.74, 6) is 0.0875. The van der Waals surface area contributed by atoms with Crippen molar-refractivity contribution in [1.82, 2.24) is 15.1 Å². The highest BCUT2D eigenvalue weighted by Crippen LogP contribution is 2.11. The lowest BCUT2D eigenvalue weighted by atomic mass is 10.2. The van der Waals surface area contributed by atoms with Gasteiger partial charge < -0.3 is 15.0 Å². The molecule has 0 spiro atoms. The summed E-state index contributed by atoms with van der Waals surface area (Å²) in [5.41, 5.74) is 0. The summed E-state index contributed by atoms with van der Waals surface area (Å²) in [4.78, 5) is 27.1. The number of carbonyl (C=O) groups excluding carboxylic acids is 2. The molecule has 2 saturated heterocycles. The molecule has 6 heteroatoms. The molecule has 0 aromatic carbocycles. The van der Waals surface area contributed by atoms with Crippen LogP contribution < -0.4 is 5.32 Å². The van der Waals surface area contributed by atoms with E-state index in [2.05, 4.69) is 5.32 Å². The third kappa shape index (κ3) is 3.43. The number of morpholine rings is 1. The van der Waals surface area contributed by atoms with E-state index in [0.29, 0.717) is 32.7 Å². The van der Waals surface area contributed by atoms with Crippen molar-refractivity contribution in [1.29, 1.82) is 0 Å². The molecular weight excluding hydrogens is 234 g/mol. The van der Waals surface area contributed by atoms with Gasteiger partial charge in [0.15, 0.2) is 0 Å². The van der Waals surface area contributed by atoms with Crippen molar-refractivity contribution in [3.8, 4) is 0 Å². The maximum absolute atomic E-state index is 12.2. The summed E-state index contributed by atoms with van der Waals surface area (Å²) in [6, 6.07) is 0. The Hall–Kier alpha value is -1.14. The van der Waals surface area contributed by atoms with Gasteiger partial charge >= 0.3 is 0 Å². The normalized spacial score (nSPS) is 30.1. The predicted octanol–water partition coefficient (Wildman–Crippen LogP) is -0.946. The number of hydrogen-bond donors (Lipinski definition) is 1. The van der Waals surface area contributed by atoms with Crippen molar-refractivity contribution in [2.24, 2.45) is 0 Å². The zero-order valence-electron chi connectivity index (χ0n) is 11.0. The number of ether oxygens (including phenoxy) is 1. The van der Waals surface area contributed by atoms with Crippen LogP contribution in [0.4, 0.5) is 0 Å². The quantitative estimate of drug-likeness (QED) is 0.691. The molecule has 0 saturated carbocycles. The maximum Gasteiger partial charge on any atom is 0.236 e. The predicted molar refractivity (Wildman–Crippen MR) is 66.0 cm³/mol. The zero-order chi connectivity index (χ0) is 13.1. The van der Waals surface area contributed by atoms with Gasteiger partial charge in [-0.15, -0.1) is 0 Å². The molecule has 2 atom stereocenters. The van der Waals surface area contributed by atoms with Gasteiger partial charge in [0.1, 0.15) is 0 Å². The molecule has 1 N–H and O–H groups in total. The molecule has 6 nitrogen and oxygen atoms in total. The molecule has 2 rings (SSSR count). The smallest absolute Gasteiger partial charge is 0.236 e. The molecule has 2 aliphatic heterocycles. The first kappa shape index (κ1) is 13.3. The van der Waals surface area contributed by atoms with Crippen LogP contribution in [0.15, 0.2) is 0 Å². The van der Waals surface area contributed by atoms with Gasteiger partial charge in [0.05, 0.1) is 25.3 Å². The Balaban J connectivity index is 1.85. The Labute approximate surface area is 107 Å². The van der Waals surface area contributed by atoms with E-state index in [9.17, 15) is 9.59 Å². The van der Waals surface area contributed by atoms with Gasteiger partial charge in [-0.05, 0) is 13.8 Å². The van der Waals surface area contributed by atoms with Gasteiger partial charge in [-0.1, -0.05) is 0 Å². The molecule has 18 heavy (non-hydrogen) atoms. The van der Waals surface area contributed by atoms with Crippen LogP contribution in [0.3, 0.4) is 0 Å². The van der Waals surface area contributed by atoms with E-state index < -0.39 is 0 Å². The molecule has 2 amide bonds. The first-order valence-corrected chi connectivity index (χ1v) is 6.47. The molecule has 0 aromatic rings. The molecule has 0 radical (unpaired) electrons.